The van der Waals surface area contributed by atoms with Crippen molar-refractivity contribution in [3.05, 3.63) is 0 Å². The number of carbonyl (C=O) groups is 3. The van der Waals surface area contributed by atoms with Crippen LogP contribution in [0.2, 0.25) is 0 Å². The van der Waals surface area contributed by atoms with E-state index in [1.807, 2.05) is 0 Å². The monoisotopic (exact) mass is 208 g/mol. The van der Waals surface area contributed by atoms with Crippen molar-refractivity contribution >= 4 is 17.5 Å². The minimum absolute atomic E-state index is 0.0703. The van der Waals surface area contributed by atoms with Crippen LogP contribution >= 0.6 is 0 Å². The fourth-order valence-corrected chi connectivity index (χ4v) is 0.834. The first-order chi connectivity index (χ1) is 6.41. The number of ether oxygens (including phenoxy) is 1. The molecule has 0 saturated carbocycles. The third kappa shape index (κ3) is 3.20. The highest BCUT2D eigenvalue weighted by Crippen LogP contribution is 2.10. The molecule has 0 spiro atoms. The van der Waals surface area contributed by atoms with Gasteiger partial charge >= 0.3 is 5.97 Å². The van der Waals surface area contributed by atoms with Crippen LogP contribution in [-0.4, -0.2) is 30.6 Å². The summed E-state index contributed by atoms with van der Waals surface area (Å²) in [6.07, 6.45) is -3.34. The quantitative estimate of drug-likeness (QED) is 0.490. The lowest BCUT2D eigenvalue weighted by Crippen LogP contribution is -2.35. The van der Waals surface area contributed by atoms with Gasteiger partial charge in [0, 0.05) is 0 Å². The summed E-state index contributed by atoms with van der Waals surface area (Å²) in [5, 5.41) is 0. The van der Waals surface area contributed by atoms with Crippen LogP contribution in [0, 0.1) is 5.92 Å². The average Bonchev–Trinajstić information content (AvgIpc) is 2.03. The van der Waals surface area contributed by atoms with Crippen molar-refractivity contribution in [3.63, 3.8) is 0 Å². The van der Waals surface area contributed by atoms with Gasteiger partial charge in [0.15, 0.2) is 11.7 Å². The van der Waals surface area contributed by atoms with Gasteiger partial charge in [-0.2, -0.15) is 0 Å². The predicted molar refractivity (Wildman–Crippen MR) is 41.8 cm³/mol. The molecule has 0 aliphatic carbocycles. The van der Waals surface area contributed by atoms with Crippen LogP contribution in [-0.2, 0) is 19.1 Å². The van der Waals surface area contributed by atoms with E-state index in [4.69, 9.17) is 0 Å². The zero-order valence-corrected chi connectivity index (χ0v) is 7.75. The van der Waals surface area contributed by atoms with Crippen LogP contribution in [0.4, 0.5) is 8.78 Å². The van der Waals surface area contributed by atoms with Crippen molar-refractivity contribution in [1.29, 1.82) is 0 Å². The standard InChI is InChI=1S/C8H10F2O4/c1-3-14-8(13)5(4(2)11)6(12)7(9)10/h5,7H,3H2,1-2H3. The maximum Gasteiger partial charge on any atom is 0.324 e. The highest BCUT2D eigenvalue weighted by molar-refractivity contribution is 6.17. The lowest BCUT2D eigenvalue weighted by Gasteiger charge is -2.10. The second-order valence-corrected chi connectivity index (χ2v) is 2.50. The molecule has 1 unspecified atom stereocenters. The molecule has 0 aliphatic heterocycles. The molecular formula is C8H10F2O4. The normalized spacial score (nSPS) is 12.4. The Labute approximate surface area is 79.2 Å². The average molecular weight is 208 g/mol. The number of halogens is 2. The lowest BCUT2D eigenvalue weighted by atomic mass is 10.0. The Balaban J connectivity index is 4.69. The third-order valence-corrected chi connectivity index (χ3v) is 1.43. The SMILES string of the molecule is CCOC(=O)C(C(C)=O)C(=O)C(F)F. The molecule has 6 heteroatoms. The molecule has 0 amide bonds. The first-order valence-corrected chi connectivity index (χ1v) is 3.90. The molecule has 4 nitrogen and oxygen atoms in total. The molecular weight excluding hydrogens is 198 g/mol. The number of hydrogen-bond acceptors (Lipinski definition) is 4. The van der Waals surface area contributed by atoms with E-state index in [1.54, 1.807) is 0 Å². The second kappa shape index (κ2) is 5.41. The number of ketones is 2. The number of alkyl halides is 2. The number of rotatable bonds is 5. The predicted octanol–water partition coefficient (Wildman–Crippen LogP) is 0.589. The third-order valence-electron chi connectivity index (χ3n) is 1.43. The van der Waals surface area contributed by atoms with Gasteiger partial charge in [-0.25, -0.2) is 8.78 Å². The molecule has 0 saturated heterocycles. The van der Waals surface area contributed by atoms with E-state index in [9.17, 15) is 23.2 Å². The van der Waals surface area contributed by atoms with E-state index >= 15 is 0 Å². The van der Waals surface area contributed by atoms with Crippen molar-refractivity contribution in [1.82, 2.24) is 0 Å². The Morgan fingerprint density at radius 3 is 2.07 bits per heavy atom. The van der Waals surface area contributed by atoms with Crippen LogP contribution < -0.4 is 0 Å². The van der Waals surface area contributed by atoms with E-state index in [1.165, 1.54) is 6.92 Å². The Morgan fingerprint density at radius 2 is 1.79 bits per heavy atom. The molecule has 0 N–H and O–H groups in total. The van der Waals surface area contributed by atoms with E-state index in [0.717, 1.165) is 6.92 Å². The summed E-state index contributed by atoms with van der Waals surface area (Å²) in [4.78, 5) is 32.4. The zero-order valence-electron chi connectivity index (χ0n) is 7.75. The van der Waals surface area contributed by atoms with Gasteiger partial charge in [-0.3, -0.25) is 14.4 Å². The van der Waals surface area contributed by atoms with E-state index < -0.39 is 29.9 Å². The molecule has 0 rings (SSSR count). The largest absolute Gasteiger partial charge is 0.465 e. The van der Waals surface area contributed by atoms with Gasteiger partial charge in [-0.1, -0.05) is 0 Å². The summed E-state index contributed by atoms with van der Waals surface area (Å²) in [7, 11) is 0. The fraction of sp³-hybridized carbons (Fsp3) is 0.625. The molecule has 1 atom stereocenters. The van der Waals surface area contributed by atoms with Gasteiger partial charge in [0.1, 0.15) is 0 Å². The number of hydrogen-bond donors (Lipinski definition) is 0. The minimum Gasteiger partial charge on any atom is -0.465 e. The molecule has 0 aromatic carbocycles. The smallest absolute Gasteiger partial charge is 0.324 e. The van der Waals surface area contributed by atoms with Gasteiger partial charge < -0.3 is 4.74 Å². The fourth-order valence-electron chi connectivity index (χ4n) is 0.834. The van der Waals surface area contributed by atoms with E-state index in [-0.39, 0.29) is 6.61 Å². The topological polar surface area (TPSA) is 60.4 Å². The summed E-state index contributed by atoms with van der Waals surface area (Å²) in [6, 6.07) is 0. The van der Waals surface area contributed by atoms with E-state index in [2.05, 4.69) is 4.74 Å². The van der Waals surface area contributed by atoms with Gasteiger partial charge in [-0.05, 0) is 13.8 Å². The zero-order chi connectivity index (χ0) is 11.3. The Hall–Kier alpha value is -1.33. The van der Waals surface area contributed by atoms with E-state index in [0.29, 0.717) is 0 Å². The Bertz CT molecular complexity index is 250. The van der Waals surface area contributed by atoms with Crippen LogP contribution in [0.15, 0.2) is 0 Å². The second-order valence-electron chi connectivity index (χ2n) is 2.50. The number of carbonyl (C=O) groups excluding carboxylic acids is 3. The van der Waals surface area contributed by atoms with Gasteiger partial charge in [0.25, 0.3) is 6.43 Å². The van der Waals surface area contributed by atoms with Crippen LogP contribution in [0.5, 0.6) is 0 Å². The summed E-state index contributed by atoms with van der Waals surface area (Å²) in [6.45, 7) is 2.27. The Morgan fingerprint density at radius 1 is 1.29 bits per heavy atom. The maximum atomic E-state index is 11.9. The minimum atomic E-state index is -3.34. The number of esters is 1. The number of Topliss-reactive ketones (excluding diaryl/α,β-unsaturated/α-hetero) is 2. The Kier molecular flexibility index (Phi) is 4.90. The van der Waals surface area contributed by atoms with Gasteiger partial charge in [0.05, 0.1) is 6.61 Å². The van der Waals surface area contributed by atoms with Crippen molar-refractivity contribution in [2.24, 2.45) is 5.92 Å². The van der Waals surface area contributed by atoms with Gasteiger partial charge in [0.2, 0.25) is 5.78 Å². The van der Waals surface area contributed by atoms with Crippen molar-refractivity contribution in [2.75, 3.05) is 6.61 Å². The highest BCUT2D eigenvalue weighted by atomic mass is 19.3. The molecule has 0 radical (unpaired) electrons. The molecule has 0 fully saturated rings. The molecule has 0 aromatic heterocycles. The van der Waals surface area contributed by atoms with Gasteiger partial charge in [-0.15, -0.1) is 0 Å². The van der Waals surface area contributed by atoms with Crippen molar-refractivity contribution in [3.8, 4) is 0 Å². The summed E-state index contributed by atoms with van der Waals surface area (Å²) < 4.78 is 28.2. The molecule has 0 aromatic rings. The molecule has 0 heterocycles. The lowest BCUT2D eigenvalue weighted by molar-refractivity contribution is -0.157. The van der Waals surface area contributed by atoms with Crippen LogP contribution in [0.3, 0.4) is 0 Å². The molecule has 80 valence electrons. The first kappa shape index (κ1) is 12.7. The summed E-state index contributed by atoms with van der Waals surface area (Å²) in [5.74, 6) is -5.86. The summed E-state index contributed by atoms with van der Waals surface area (Å²) >= 11 is 0. The maximum absolute atomic E-state index is 11.9. The van der Waals surface area contributed by atoms with Crippen LogP contribution in [0.25, 0.3) is 0 Å². The van der Waals surface area contributed by atoms with Crippen molar-refractivity contribution in [2.45, 2.75) is 20.3 Å². The van der Waals surface area contributed by atoms with Crippen LogP contribution in [0.1, 0.15) is 13.8 Å². The molecule has 0 bridgehead atoms. The molecule has 0 aliphatic rings. The first-order valence-electron chi connectivity index (χ1n) is 3.90. The molecule has 14 heavy (non-hydrogen) atoms. The highest BCUT2D eigenvalue weighted by Gasteiger charge is 2.37. The van der Waals surface area contributed by atoms with Crippen molar-refractivity contribution < 1.29 is 27.9 Å². The summed E-state index contributed by atoms with van der Waals surface area (Å²) in [5.41, 5.74) is 0.